The third-order valence-electron chi connectivity index (χ3n) is 6.62. The first-order valence-electron chi connectivity index (χ1n) is 11.6. The van der Waals surface area contributed by atoms with Crippen molar-refractivity contribution in [2.24, 2.45) is 0 Å². The zero-order valence-electron chi connectivity index (χ0n) is 18.7. The summed E-state index contributed by atoms with van der Waals surface area (Å²) in [7, 11) is 0. The summed E-state index contributed by atoms with van der Waals surface area (Å²) in [6.45, 7) is 4.36. The van der Waals surface area contributed by atoms with Crippen LogP contribution in [0.2, 0.25) is 0 Å². The largest absolute Gasteiger partial charge is 0.338 e. The fourth-order valence-corrected chi connectivity index (χ4v) is 6.41. The third kappa shape index (κ3) is 5.07. The lowest BCUT2D eigenvalue weighted by Gasteiger charge is -2.44. The predicted octanol–water partition coefficient (Wildman–Crippen LogP) is 6.00. The molecule has 2 saturated heterocycles. The molecule has 2 aromatic rings. The van der Waals surface area contributed by atoms with E-state index in [0.717, 1.165) is 47.2 Å². The molecule has 2 fully saturated rings. The lowest BCUT2D eigenvalue weighted by atomic mass is 9.99. The van der Waals surface area contributed by atoms with E-state index in [1.807, 2.05) is 58.0 Å². The van der Waals surface area contributed by atoms with E-state index >= 15 is 0 Å². The first kappa shape index (κ1) is 23.4. The van der Waals surface area contributed by atoms with E-state index in [0.29, 0.717) is 13.1 Å². The normalized spacial score (nSPS) is 17.7. The molecule has 2 heterocycles. The first-order valence-corrected chi connectivity index (χ1v) is 13.4. The van der Waals surface area contributed by atoms with E-state index in [9.17, 15) is 9.59 Å². The second-order valence-corrected chi connectivity index (χ2v) is 11.1. The van der Waals surface area contributed by atoms with Crippen molar-refractivity contribution >= 4 is 39.5 Å². The van der Waals surface area contributed by atoms with Gasteiger partial charge in [-0.05, 0) is 67.6 Å². The van der Waals surface area contributed by atoms with Crippen molar-refractivity contribution in [2.75, 3.05) is 25.4 Å². The number of benzene rings is 2. The number of aryl methyl sites for hydroxylation is 1. The topological polar surface area (TPSA) is 40.6 Å². The smallest absolute Gasteiger partial charge is 0.254 e. The standard InChI is InChI=1S/C26H31BrN2O2S/c1-2-3-4-5-20-6-8-21(9-7-20)24(30)28-16-14-26(15-17-28)29(18-19-32-26)25(31)22-10-12-23(27)13-11-22/h6-13H,2-5,14-19H2,1H3. The van der Waals surface area contributed by atoms with Crippen molar-refractivity contribution in [2.45, 2.75) is 50.3 Å². The summed E-state index contributed by atoms with van der Waals surface area (Å²) in [4.78, 5) is 30.1. The van der Waals surface area contributed by atoms with Gasteiger partial charge < -0.3 is 9.80 Å². The van der Waals surface area contributed by atoms with Gasteiger partial charge in [-0.25, -0.2) is 0 Å². The first-order chi connectivity index (χ1) is 15.5. The molecule has 2 aromatic carbocycles. The number of hydrogen-bond donors (Lipinski definition) is 0. The van der Waals surface area contributed by atoms with Crippen LogP contribution in [-0.4, -0.2) is 51.9 Å². The SMILES string of the molecule is CCCCCc1ccc(C(=O)N2CCC3(CC2)SCCN3C(=O)c2ccc(Br)cc2)cc1. The average molecular weight is 516 g/mol. The number of halogens is 1. The molecule has 6 heteroatoms. The Bertz CT molecular complexity index is 937. The van der Waals surface area contributed by atoms with Crippen LogP contribution in [0, 0.1) is 0 Å². The second kappa shape index (κ2) is 10.4. The molecule has 2 aliphatic rings. The monoisotopic (exact) mass is 514 g/mol. The van der Waals surface area contributed by atoms with E-state index in [1.54, 1.807) is 0 Å². The number of amides is 2. The van der Waals surface area contributed by atoms with Crippen LogP contribution in [0.3, 0.4) is 0 Å². The summed E-state index contributed by atoms with van der Waals surface area (Å²) in [6, 6.07) is 15.7. The van der Waals surface area contributed by atoms with E-state index in [2.05, 4.69) is 35.0 Å². The van der Waals surface area contributed by atoms with Gasteiger partial charge in [0.25, 0.3) is 11.8 Å². The van der Waals surface area contributed by atoms with E-state index in [-0.39, 0.29) is 16.7 Å². The summed E-state index contributed by atoms with van der Waals surface area (Å²) in [6.07, 6.45) is 6.38. The van der Waals surface area contributed by atoms with Crippen molar-refractivity contribution < 1.29 is 9.59 Å². The Kier molecular flexibility index (Phi) is 7.62. The minimum Gasteiger partial charge on any atom is -0.338 e. The Morgan fingerprint density at radius 3 is 2.19 bits per heavy atom. The maximum absolute atomic E-state index is 13.2. The molecule has 0 saturated carbocycles. The predicted molar refractivity (Wildman–Crippen MR) is 135 cm³/mol. The van der Waals surface area contributed by atoms with Crippen molar-refractivity contribution in [1.82, 2.24) is 9.80 Å². The van der Waals surface area contributed by atoms with Gasteiger partial charge in [-0.2, -0.15) is 0 Å². The zero-order valence-corrected chi connectivity index (χ0v) is 21.1. The van der Waals surface area contributed by atoms with Gasteiger partial charge in [0.05, 0.1) is 4.87 Å². The van der Waals surface area contributed by atoms with Crippen LogP contribution < -0.4 is 0 Å². The van der Waals surface area contributed by atoms with Crippen molar-refractivity contribution in [3.8, 4) is 0 Å². The molecular weight excluding hydrogens is 484 g/mol. The molecule has 4 rings (SSSR count). The van der Waals surface area contributed by atoms with Crippen LogP contribution in [0.25, 0.3) is 0 Å². The molecule has 2 aliphatic heterocycles. The van der Waals surface area contributed by atoms with Gasteiger partial charge in [0.15, 0.2) is 0 Å². The summed E-state index contributed by atoms with van der Waals surface area (Å²) in [5.74, 6) is 1.16. The highest BCUT2D eigenvalue weighted by atomic mass is 79.9. The van der Waals surface area contributed by atoms with Crippen molar-refractivity contribution in [3.05, 3.63) is 69.7 Å². The molecule has 32 heavy (non-hydrogen) atoms. The third-order valence-corrected chi connectivity index (χ3v) is 8.70. The molecule has 0 N–H and O–H groups in total. The van der Waals surface area contributed by atoms with Crippen molar-refractivity contribution in [1.29, 1.82) is 0 Å². The Hall–Kier alpha value is -1.79. The summed E-state index contributed by atoms with van der Waals surface area (Å²) in [5.41, 5.74) is 2.80. The van der Waals surface area contributed by atoms with Gasteiger partial charge in [0, 0.05) is 41.0 Å². The number of carbonyl (C=O) groups is 2. The molecule has 0 aromatic heterocycles. The molecule has 4 nitrogen and oxygen atoms in total. The lowest BCUT2D eigenvalue weighted by molar-refractivity contribution is 0.0498. The minimum absolute atomic E-state index is 0.0981. The minimum atomic E-state index is -0.190. The number of rotatable bonds is 6. The fraction of sp³-hybridized carbons (Fsp3) is 0.462. The number of carbonyl (C=O) groups excluding carboxylic acids is 2. The molecule has 2 amide bonds. The van der Waals surface area contributed by atoms with Crippen LogP contribution in [0.15, 0.2) is 53.0 Å². The number of likely N-dealkylation sites (tertiary alicyclic amines) is 1. The molecule has 170 valence electrons. The van der Waals surface area contributed by atoms with Gasteiger partial charge in [-0.1, -0.05) is 47.8 Å². The second-order valence-electron chi connectivity index (χ2n) is 8.70. The highest BCUT2D eigenvalue weighted by molar-refractivity contribution is 9.10. The number of unbranched alkanes of at least 4 members (excludes halogenated alkanes) is 2. The lowest BCUT2D eigenvalue weighted by Crippen LogP contribution is -2.53. The van der Waals surface area contributed by atoms with Gasteiger partial charge in [0.1, 0.15) is 0 Å². The van der Waals surface area contributed by atoms with Gasteiger partial charge in [0.2, 0.25) is 0 Å². The molecular formula is C26H31BrN2O2S. The van der Waals surface area contributed by atoms with Crippen LogP contribution in [0.4, 0.5) is 0 Å². The Labute approximate surface area is 203 Å². The maximum Gasteiger partial charge on any atom is 0.254 e. The van der Waals surface area contributed by atoms with E-state index in [1.165, 1.54) is 24.8 Å². The average Bonchev–Trinajstić information content (AvgIpc) is 3.22. The number of nitrogens with zero attached hydrogens (tertiary/aromatic N) is 2. The number of piperidine rings is 1. The Morgan fingerprint density at radius 2 is 1.53 bits per heavy atom. The van der Waals surface area contributed by atoms with Crippen LogP contribution in [-0.2, 0) is 6.42 Å². The highest BCUT2D eigenvalue weighted by Crippen LogP contribution is 2.44. The molecule has 1 spiro atoms. The molecule has 0 bridgehead atoms. The molecule has 0 aliphatic carbocycles. The number of hydrogen-bond acceptors (Lipinski definition) is 3. The highest BCUT2D eigenvalue weighted by Gasteiger charge is 2.47. The number of thioether (sulfide) groups is 1. The fourth-order valence-electron chi connectivity index (χ4n) is 4.69. The molecule has 0 radical (unpaired) electrons. The van der Waals surface area contributed by atoms with E-state index in [4.69, 9.17) is 0 Å². The summed E-state index contributed by atoms with van der Waals surface area (Å²) in [5, 5.41) is 0. The summed E-state index contributed by atoms with van der Waals surface area (Å²) >= 11 is 5.32. The van der Waals surface area contributed by atoms with Crippen LogP contribution in [0.1, 0.15) is 65.3 Å². The van der Waals surface area contributed by atoms with Gasteiger partial charge >= 0.3 is 0 Å². The van der Waals surface area contributed by atoms with Crippen LogP contribution in [0.5, 0.6) is 0 Å². The Morgan fingerprint density at radius 1 is 0.906 bits per heavy atom. The zero-order chi connectivity index (χ0) is 22.6. The Balaban J connectivity index is 1.37. The summed E-state index contributed by atoms with van der Waals surface area (Å²) < 4.78 is 0.973. The van der Waals surface area contributed by atoms with Crippen molar-refractivity contribution in [3.63, 3.8) is 0 Å². The maximum atomic E-state index is 13.2. The van der Waals surface area contributed by atoms with E-state index < -0.39 is 0 Å². The molecule has 0 unspecified atom stereocenters. The van der Waals surface area contributed by atoms with Crippen LogP contribution >= 0.6 is 27.7 Å². The molecule has 0 atom stereocenters. The van der Waals surface area contributed by atoms with Gasteiger partial charge in [-0.3, -0.25) is 9.59 Å². The quantitative estimate of drug-likeness (QED) is 0.443. The van der Waals surface area contributed by atoms with Gasteiger partial charge in [-0.15, -0.1) is 11.8 Å².